The monoisotopic (exact) mass is 288 g/mol. The third-order valence-electron chi connectivity index (χ3n) is 3.90. The molecule has 1 aromatic carbocycles. The maximum atomic E-state index is 5.80. The highest BCUT2D eigenvalue weighted by Gasteiger charge is 2.19. The van der Waals surface area contributed by atoms with Crippen molar-refractivity contribution in [2.45, 2.75) is 20.4 Å². The molecule has 5 heteroatoms. The molecule has 0 aliphatic carbocycles. The first-order chi connectivity index (χ1) is 10.1. The number of hydrogen-bond acceptors (Lipinski definition) is 5. The molecule has 1 saturated heterocycles. The van der Waals surface area contributed by atoms with Gasteiger partial charge >= 0.3 is 0 Å². The van der Waals surface area contributed by atoms with E-state index in [1.54, 1.807) is 0 Å². The molecule has 2 N–H and O–H groups in total. The van der Waals surface area contributed by atoms with E-state index >= 15 is 0 Å². The lowest BCUT2D eigenvalue weighted by molar-refractivity contribution is 0.111. The van der Waals surface area contributed by atoms with E-state index in [1.165, 1.54) is 6.54 Å². The van der Waals surface area contributed by atoms with E-state index in [9.17, 15) is 0 Å². The Bertz CT molecular complexity index is 599. The van der Waals surface area contributed by atoms with Crippen molar-refractivity contribution in [3.63, 3.8) is 0 Å². The summed E-state index contributed by atoms with van der Waals surface area (Å²) in [6.45, 7) is 10.9. The van der Waals surface area contributed by atoms with Gasteiger partial charge in [-0.3, -0.25) is 4.90 Å². The molecule has 0 bridgehead atoms. The van der Waals surface area contributed by atoms with Crippen LogP contribution in [0.1, 0.15) is 19.7 Å². The summed E-state index contributed by atoms with van der Waals surface area (Å²) in [7, 11) is 0. The Morgan fingerprint density at radius 2 is 1.90 bits per heavy atom. The molecule has 21 heavy (non-hydrogen) atoms. The molecular formula is C16H24N4O. The molecule has 5 nitrogen and oxygen atoms in total. The van der Waals surface area contributed by atoms with Crippen LogP contribution >= 0.6 is 0 Å². The fraction of sp³-hybridized carbons (Fsp3) is 0.562. The van der Waals surface area contributed by atoms with E-state index < -0.39 is 0 Å². The van der Waals surface area contributed by atoms with Crippen LogP contribution in [0.15, 0.2) is 22.6 Å². The topological polar surface area (TPSA) is 58.5 Å². The molecule has 0 unspecified atom stereocenters. The lowest BCUT2D eigenvalue weighted by Crippen LogP contribution is -2.46. The van der Waals surface area contributed by atoms with Gasteiger partial charge in [-0.05, 0) is 24.1 Å². The molecule has 0 saturated carbocycles. The van der Waals surface area contributed by atoms with Crippen molar-refractivity contribution in [1.29, 1.82) is 0 Å². The van der Waals surface area contributed by atoms with Gasteiger partial charge in [0.05, 0.1) is 6.54 Å². The van der Waals surface area contributed by atoms with Crippen LogP contribution in [-0.2, 0) is 6.54 Å². The number of rotatable bonds is 4. The van der Waals surface area contributed by atoms with Gasteiger partial charge in [0, 0.05) is 38.4 Å². The normalized spacial score (nSPS) is 17.9. The Kier molecular flexibility index (Phi) is 4.12. The zero-order valence-electron chi connectivity index (χ0n) is 12.9. The number of nitrogen functional groups attached to an aromatic ring is 1. The zero-order valence-corrected chi connectivity index (χ0v) is 12.9. The average Bonchev–Trinajstić information content (AvgIpc) is 2.82. The van der Waals surface area contributed by atoms with E-state index in [4.69, 9.17) is 10.2 Å². The van der Waals surface area contributed by atoms with Gasteiger partial charge in [-0.25, -0.2) is 4.98 Å². The summed E-state index contributed by atoms with van der Waals surface area (Å²) >= 11 is 0. The van der Waals surface area contributed by atoms with Crippen LogP contribution in [0.25, 0.3) is 11.1 Å². The number of nitrogens with two attached hydrogens (primary N) is 1. The summed E-state index contributed by atoms with van der Waals surface area (Å²) in [5.74, 6) is 1.52. The molecule has 1 fully saturated rings. The van der Waals surface area contributed by atoms with E-state index in [1.807, 2.05) is 18.2 Å². The molecule has 3 rings (SSSR count). The van der Waals surface area contributed by atoms with Crippen molar-refractivity contribution in [3.8, 4) is 0 Å². The molecule has 1 aromatic heterocycles. The third-order valence-corrected chi connectivity index (χ3v) is 3.90. The maximum Gasteiger partial charge on any atom is 0.209 e. The van der Waals surface area contributed by atoms with Gasteiger partial charge in [-0.15, -0.1) is 0 Å². The van der Waals surface area contributed by atoms with Crippen LogP contribution in [0.5, 0.6) is 0 Å². The quantitative estimate of drug-likeness (QED) is 0.874. The summed E-state index contributed by atoms with van der Waals surface area (Å²) < 4.78 is 5.80. The van der Waals surface area contributed by atoms with Crippen molar-refractivity contribution in [3.05, 3.63) is 24.1 Å². The number of benzene rings is 1. The van der Waals surface area contributed by atoms with Crippen LogP contribution in [0.4, 0.5) is 5.69 Å². The standard InChI is InChI=1S/C16H24N4O/c1-12(2)10-19-5-7-20(8-6-19)11-16-18-14-9-13(17)3-4-15(14)21-16/h3-4,9,12H,5-8,10-11,17H2,1-2H3. The summed E-state index contributed by atoms with van der Waals surface area (Å²) in [5, 5.41) is 0. The number of anilines is 1. The first-order valence-corrected chi connectivity index (χ1v) is 7.70. The number of nitrogens with zero attached hydrogens (tertiary/aromatic N) is 3. The van der Waals surface area contributed by atoms with Gasteiger partial charge in [0.15, 0.2) is 5.58 Å². The number of fused-ring (bicyclic) bond motifs is 1. The highest BCUT2D eigenvalue weighted by Crippen LogP contribution is 2.19. The number of aromatic nitrogens is 1. The van der Waals surface area contributed by atoms with Crippen molar-refractivity contribution in [2.75, 3.05) is 38.5 Å². The van der Waals surface area contributed by atoms with Crippen LogP contribution in [0.3, 0.4) is 0 Å². The van der Waals surface area contributed by atoms with Crippen LogP contribution in [0.2, 0.25) is 0 Å². The largest absolute Gasteiger partial charge is 0.439 e. The minimum atomic E-state index is 0.727. The predicted octanol–water partition coefficient (Wildman–Crippen LogP) is 2.18. The summed E-state index contributed by atoms with van der Waals surface area (Å²) in [6, 6.07) is 5.60. The zero-order chi connectivity index (χ0) is 14.8. The van der Waals surface area contributed by atoms with E-state index in [2.05, 4.69) is 28.6 Å². The second kappa shape index (κ2) is 6.03. The lowest BCUT2D eigenvalue weighted by atomic mass is 10.2. The molecule has 1 aliphatic heterocycles. The van der Waals surface area contributed by atoms with E-state index in [-0.39, 0.29) is 0 Å². The first-order valence-electron chi connectivity index (χ1n) is 7.70. The predicted molar refractivity (Wildman–Crippen MR) is 85.0 cm³/mol. The molecule has 0 amide bonds. The Balaban J connectivity index is 1.59. The van der Waals surface area contributed by atoms with Gasteiger partial charge in [0.2, 0.25) is 5.89 Å². The van der Waals surface area contributed by atoms with Crippen LogP contribution in [0, 0.1) is 5.92 Å². The van der Waals surface area contributed by atoms with Gasteiger partial charge in [0.25, 0.3) is 0 Å². The number of oxazole rings is 1. The molecule has 2 aromatic rings. The van der Waals surface area contributed by atoms with E-state index in [0.29, 0.717) is 0 Å². The smallest absolute Gasteiger partial charge is 0.209 e. The molecule has 2 heterocycles. The van der Waals surface area contributed by atoms with Gasteiger partial charge in [0.1, 0.15) is 5.52 Å². The minimum Gasteiger partial charge on any atom is -0.439 e. The SMILES string of the molecule is CC(C)CN1CCN(Cc2nc3cc(N)ccc3o2)CC1. The molecule has 0 atom stereocenters. The van der Waals surface area contributed by atoms with Crippen LogP contribution < -0.4 is 5.73 Å². The van der Waals surface area contributed by atoms with Crippen molar-refractivity contribution >= 4 is 16.8 Å². The number of piperazine rings is 1. The highest BCUT2D eigenvalue weighted by atomic mass is 16.3. The second-order valence-corrected chi connectivity index (χ2v) is 6.31. The first kappa shape index (κ1) is 14.4. The highest BCUT2D eigenvalue weighted by molar-refractivity contribution is 5.76. The third kappa shape index (κ3) is 3.54. The average molecular weight is 288 g/mol. The lowest BCUT2D eigenvalue weighted by Gasteiger charge is -2.34. The Hall–Kier alpha value is -1.59. The molecule has 114 valence electrons. The fourth-order valence-electron chi connectivity index (χ4n) is 2.90. The fourth-order valence-corrected chi connectivity index (χ4v) is 2.90. The Labute approximate surface area is 125 Å². The Morgan fingerprint density at radius 3 is 2.62 bits per heavy atom. The van der Waals surface area contributed by atoms with Crippen molar-refractivity contribution < 1.29 is 4.42 Å². The van der Waals surface area contributed by atoms with Crippen molar-refractivity contribution in [2.24, 2.45) is 5.92 Å². The maximum absolute atomic E-state index is 5.80. The Morgan fingerprint density at radius 1 is 1.19 bits per heavy atom. The number of hydrogen-bond donors (Lipinski definition) is 1. The summed E-state index contributed by atoms with van der Waals surface area (Å²) in [5.41, 5.74) is 8.17. The van der Waals surface area contributed by atoms with Gasteiger partial charge in [-0.2, -0.15) is 0 Å². The minimum absolute atomic E-state index is 0.727. The molecular weight excluding hydrogens is 264 g/mol. The van der Waals surface area contributed by atoms with Gasteiger partial charge in [-0.1, -0.05) is 13.8 Å². The van der Waals surface area contributed by atoms with Crippen molar-refractivity contribution in [1.82, 2.24) is 14.8 Å². The molecule has 1 aliphatic rings. The molecule has 0 spiro atoms. The summed E-state index contributed by atoms with van der Waals surface area (Å²) in [6.07, 6.45) is 0. The van der Waals surface area contributed by atoms with E-state index in [0.717, 1.165) is 61.3 Å². The van der Waals surface area contributed by atoms with Gasteiger partial charge < -0.3 is 15.1 Å². The second-order valence-electron chi connectivity index (χ2n) is 6.31. The van der Waals surface area contributed by atoms with Crippen LogP contribution in [-0.4, -0.2) is 47.5 Å². The molecule has 0 radical (unpaired) electrons. The summed E-state index contributed by atoms with van der Waals surface area (Å²) in [4.78, 5) is 9.48.